The summed E-state index contributed by atoms with van der Waals surface area (Å²) in [5.41, 5.74) is 1.13. The van der Waals surface area contributed by atoms with Gasteiger partial charge in [-0.3, -0.25) is 0 Å². The van der Waals surface area contributed by atoms with Crippen LogP contribution < -0.4 is 14.8 Å². The molecule has 1 N–H and O–H groups in total. The van der Waals surface area contributed by atoms with E-state index in [1.807, 2.05) is 32.2 Å². The average Bonchev–Trinajstić information content (AvgIpc) is 3.00. The number of ether oxygens (including phenoxy) is 2. The predicted molar refractivity (Wildman–Crippen MR) is 78.5 cm³/mol. The quantitative estimate of drug-likeness (QED) is 0.845. The van der Waals surface area contributed by atoms with Crippen LogP contribution in [0.2, 0.25) is 0 Å². The molecule has 0 saturated carbocycles. The Morgan fingerprint density at radius 1 is 1.33 bits per heavy atom. The Hall–Kier alpha value is -2.08. The van der Waals surface area contributed by atoms with E-state index < -0.39 is 0 Å². The average molecular weight is 291 g/mol. The van der Waals surface area contributed by atoms with E-state index >= 15 is 0 Å². The summed E-state index contributed by atoms with van der Waals surface area (Å²) in [6.07, 6.45) is 0.740. The summed E-state index contributed by atoms with van der Waals surface area (Å²) >= 11 is 0. The van der Waals surface area contributed by atoms with E-state index in [4.69, 9.17) is 14.0 Å². The van der Waals surface area contributed by atoms with Crippen LogP contribution in [-0.4, -0.2) is 24.3 Å². The lowest BCUT2D eigenvalue weighted by molar-refractivity contribution is 0.233. The number of methoxy groups -OCH3 is 1. The van der Waals surface area contributed by atoms with Crippen LogP contribution in [0.25, 0.3) is 0 Å². The monoisotopic (exact) mass is 291 g/mol. The van der Waals surface area contributed by atoms with Crippen molar-refractivity contribution in [1.29, 1.82) is 0 Å². The van der Waals surface area contributed by atoms with E-state index in [0.29, 0.717) is 23.2 Å². The Labute approximate surface area is 124 Å². The van der Waals surface area contributed by atoms with Crippen LogP contribution in [0.4, 0.5) is 0 Å². The van der Waals surface area contributed by atoms with Gasteiger partial charge in [-0.25, -0.2) is 0 Å². The van der Waals surface area contributed by atoms with Crippen LogP contribution in [0.1, 0.15) is 37.2 Å². The number of aromatic nitrogens is 2. The number of aryl methyl sites for hydroxylation is 1. The van der Waals surface area contributed by atoms with E-state index in [9.17, 15) is 0 Å². The van der Waals surface area contributed by atoms with Gasteiger partial charge in [0.1, 0.15) is 0 Å². The first-order chi connectivity index (χ1) is 10.2. The molecule has 0 bridgehead atoms. The minimum absolute atomic E-state index is 0.226. The molecule has 1 heterocycles. The number of nitrogens with zero attached hydrogens (tertiary/aromatic N) is 2. The summed E-state index contributed by atoms with van der Waals surface area (Å²) in [7, 11) is 3.54. The molecule has 0 saturated heterocycles. The molecule has 114 valence electrons. The van der Waals surface area contributed by atoms with Crippen molar-refractivity contribution >= 4 is 0 Å². The summed E-state index contributed by atoms with van der Waals surface area (Å²) in [4.78, 5) is 4.20. The smallest absolute Gasteiger partial charge is 0.264 e. The molecule has 21 heavy (non-hydrogen) atoms. The van der Waals surface area contributed by atoms with Crippen LogP contribution in [0.15, 0.2) is 22.7 Å². The van der Waals surface area contributed by atoms with Crippen molar-refractivity contribution in [2.45, 2.75) is 32.9 Å². The van der Waals surface area contributed by atoms with Crippen LogP contribution in [0.3, 0.4) is 0 Å². The summed E-state index contributed by atoms with van der Waals surface area (Å²) in [6, 6.07) is 6.10. The van der Waals surface area contributed by atoms with Crippen molar-refractivity contribution < 1.29 is 14.0 Å². The molecular weight excluding hydrogens is 270 g/mol. The van der Waals surface area contributed by atoms with Gasteiger partial charge in [0.15, 0.2) is 23.9 Å². The zero-order valence-corrected chi connectivity index (χ0v) is 12.8. The van der Waals surface area contributed by atoms with Crippen LogP contribution >= 0.6 is 0 Å². The topological polar surface area (TPSA) is 69.4 Å². The summed E-state index contributed by atoms with van der Waals surface area (Å²) < 4.78 is 16.2. The van der Waals surface area contributed by atoms with Gasteiger partial charge in [-0.05, 0) is 31.7 Å². The highest BCUT2D eigenvalue weighted by molar-refractivity contribution is 5.43. The highest BCUT2D eigenvalue weighted by Crippen LogP contribution is 2.30. The molecule has 0 radical (unpaired) electrons. The van der Waals surface area contributed by atoms with Gasteiger partial charge in [-0.2, -0.15) is 4.98 Å². The third-order valence-electron chi connectivity index (χ3n) is 3.30. The normalized spacial score (nSPS) is 12.2. The molecule has 0 aliphatic rings. The molecule has 0 amide bonds. The summed E-state index contributed by atoms with van der Waals surface area (Å²) in [5.74, 6) is 2.48. The molecule has 6 heteroatoms. The SMILES string of the molecule is CCc1noc(COc2ccc(C(C)NC)cc2OC)n1. The van der Waals surface area contributed by atoms with Crippen molar-refractivity contribution in [2.75, 3.05) is 14.2 Å². The van der Waals surface area contributed by atoms with Gasteiger partial charge in [0.05, 0.1) is 7.11 Å². The first-order valence-corrected chi connectivity index (χ1v) is 6.97. The van der Waals surface area contributed by atoms with Crippen LogP contribution in [0.5, 0.6) is 11.5 Å². The fourth-order valence-electron chi connectivity index (χ4n) is 1.87. The van der Waals surface area contributed by atoms with Gasteiger partial charge in [-0.1, -0.05) is 18.1 Å². The van der Waals surface area contributed by atoms with E-state index in [0.717, 1.165) is 12.0 Å². The van der Waals surface area contributed by atoms with E-state index in [1.54, 1.807) is 7.11 Å². The standard InChI is InChI=1S/C15H21N3O3/c1-5-14-17-15(21-18-14)9-20-12-7-6-11(10(2)16-3)8-13(12)19-4/h6-8,10,16H,5,9H2,1-4H3. The van der Waals surface area contributed by atoms with Gasteiger partial charge < -0.3 is 19.3 Å². The van der Waals surface area contributed by atoms with Crippen LogP contribution in [0, 0.1) is 0 Å². The van der Waals surface area contributed by atoms with Crippen LogP contribution in [-0.2, 0) is 13.0 Å². The Bertz CT molecular complexity index is 583. The minimum atomic E-state index is 0.226. The first-order valence-electron chi connectivity index (χ1n) is 6.97. The summed E-state index contributed by atoms with van der Waals surface area (Å²) in [6.45, 7) is 4.28. The number of nitrogens with one attached hydrogen (secondary N) is 1. The Kier molecular flexibility index (Phi) is 5.16. The van der Waals surface area contributed by atoms with Crippen molar-refractivity contribution in [3.8, 4) is 11.5 Å². The molecule has 2 rings (SSSR count). The molecule has 2 aromatic rings. The fraction of sp³-hybridized carbons (Fsp3) is 0.467. The van der Waals surface area contributed by atoms with Gasteiger partial charge >= 0.3 is 0 Å². The van der Waals surface area contributed by atoms with E-state index in [1.165, 1.54) is 0 Å². The third-order valence-corrected chi connectivity index (χ3v) is 3.30. The predicted octanol–water partition coefficient (Wildman–Crippen LogP) is 2.50. The van der Waals surface area contributed by atoms with Gasteiger partial charge in [0.25, 0.3) is 5.89 Å². The second kappa shape index (κ2) is 7.08. The molecule has 1 unspecified atom stereocenters. The lowest BCUT2D eigenvalue weighted by atomic mass is 10.1. The number of benzene rings is 1. The van der Waals surface area contributed by atoms with Crippen molar-refractivity contribution in [1.82, 2.24) is 15.5 Å². The second-order valence-corrected chi connectivity index (χ2v) is 4.67. The largest absolute Gasteiger partial charge is 0.493 e. The maximum Gasteiger partial charge on any atom is 0.264 e. The highest BCUT2D eigenvalue weighted by Gasteiger charge is 2.11. The molecule has 1 aromatic carbocycles. The lowest BCUT2D eigenvalue weighted by Crippen LogP contribution is -2.12. The second-order valence-electron chi connectivity index (χ2n) is 4.67. The molecule has 1 aromatic heterocycles. The maximum absolute atomic E-state index is 5.70. The van der Waals surface area contributed by atoms with Gasteiger partial charge in [0.2, 0.25) is 0 Å². The highest BCUT2D eigenvalue weighted by atomic mass is 16.5. The lowest BCUT2D eigenvalue weighted by Gasteiger charge is -2.14. The molecule has 6 nitrogen and oxygen atoms in total. The van der Waals surface area contributed by atoms with Gasteiger partial charge in [-0.15, -0.1) is 0 Å². The number of rotatable bonds is 7. The zero-order valence-electron chi connectivity index (χ0n) is 12.8. The molecule has 0 aliphatic heterocycles. The number of hydrogen-bond acceptors (Lipinski definition) is 6. The Morgan fingerprint density at radius 2 is 2.14 bits per heavy atom. The first kappa shape index (κ1) is 15.3. The molecule has 0 aliphatic carbocycles. The van der Waals surface area contributed by atoms with Crippen molar-refractivity contribution in [3.63, 3.8) is 0 Å². The number of hydrogen-bond donors (Lipinski definition) is 1. The molecular formula is C15H21N3O3. The van der Waals surface area contributed by atoms with Crippen molar-refractivity contribution in [2.24, 2.45) is 0 Å². The van der Waals surface area contributed by atoms with E-state index in [-0.39, 0.29) is 12.6 Å². The fourth-order valence-corrected chi connectivity index (χ4v) is 1.87. The molecule has 1 atom stereocenters. The van der Waals surface area contributed by atoms with Crippen molar-refractivity contribution in [3.05, 3.63) is 35.5 Å². The molecule has 0 spiro atoms. The summed E-state index contributed by atoms with van der Waals surface area (Å²) in [5, 5.41) is 7.02. The maximum atomic E-state index is 5.70. The molecule has 0 fully saturated rings. The van der Waals surface area contributed by atoms with E-state index in [2.05, 4.69) is 22.4 Å². The Morgan fingerprint density at radius 3 is 2.76 bits per heavy atom. The minimum Gasteiger partial charge on any atom is -0.493 e. The van der Waals surface area contributed by atoms with Gasteiger partial charge in [0, 0.05) is 12.5 Å². The third kappa shape index (κ3) is 3.72. The Balaban J connectivity index is 2.08. The zero-order chi connectivity index (χ0) is 15.2.